The van der Waals surface area contributed by atoms with Crippen LogP contribution in [0, 0.1) is 23.0 Å². The number of aliphatic hydroxyl groups is 1. The van der Waals surface area contributed by atoms with E-state index in [1.165, 1.54) is 30.3 Å². The Kier molecular flexibility index (Phi) is 8.59. The molecular formula is C27H29ClF2N4O3. The summed E-state index contributed by atoms with van der Waals surface area (Å²) in [5.41, 5.74) is 5.84. The first kappa shape index (κ1) is 28.1. The second-order valence-corrected chi connectivity index (χ2v) is 9.60. The zero-order valence-electron chi connectivity index (χ0n) is 20.5. The summed E-state index contributed by atoms with van der Waals surface area (Å²) < 4.78 is 34.8. The van der Waals surface area contributed by atoms with Gasteiger partial charge in [-0.2, -0.15) is 5.26 Å². The molecule has 2 aromatic carbocycles. The maximum Gasteiger partial charge on any atom is 0.165 e. The van der Waals surface area contributed by atoms with Crippen LogP contribution in [0.4, 0.5) is 14.6 Å². The van der Waals surface area contributed by atoms with Crippen molar-refractivity contribution < 1.29 is 23.7 Å². The normalized spacial score (nSPS) is 14.1. The van der Waals surface area contributed by atoms with E-state index in [9.17, 15) is 19.0 Å². The van der Waals surface area contributed by atoms with Crippen molar-refractivity contribution in [2.24, 2.45) is 5.73 Å². The number of nitrogens with zero attached hydrogens (tertiary/aromatic N) is 3. The minimum Gasteiger partial charge on any atom is -0.507 e. The summed E-state index contributed by atoms with van der Waals surface area (Å²) in [5, 5.41) is 30.1. The van der Waals surface area contributed by atoms with Crippen LogP contribution in [-0.2, 0) is 0 Å². The Hall–Kier alpha value is -3.45. The van der Waals surface area contributed by atoms with Gasteiger partial charge in [0.1, 0.15) is 30.1 Å². The third-order valence-electron chi connectivity index (χ3n) is 6.01. The van der Waals surface area contributed by atoms with Crippen LogP contribution < -0.4 is 15.4 Å². The van der Waals surface area contributed by atoms with E-state index in [1.54, 1.807) is 32.0 Å². The van der Waals surface area contributed by atoms with E-state index in [4.69, 9.17) is 20.7 Å². The largest absolute Gasteiger partial charge is 0.507 e. The number of benzene rings is 2. The fraction of sp³-hybridized carbons (Fsp3) is 0.333. The summed E-state index contributed by atoms with van der Waals surface area (Å²) in [6.45, 7) is 4.28. The van der Waals surface area contributed by atoms with Crippen LogP contribution in [0.25, 0.3) is 22.4 Å². The first-order valence-corrected chi connectivity index (χ1v) is 11.7. The van der Waals surface area contributed by atoms with Gasteiger partial charge in [0, 0.05) is 30.8 Å². The fourth-order valence-electron chi connectivity index (χ4n) is 4.08. The van der Waals surface area contributed by atoms with Gasteiger partial charge in [-0.15, -0.1) is 12.4 Å². The van der Waals surface area contributed by atoms with Crippen LogP contribution >= 0.6 is 12.4 Å². The highest BCUT2D eigenvalue weighted by Crippen LogP contribution is 2.41. The number of halogens is 3. The smallest absolute Gasteiger partial charge is 0.165 e. The number of aromatic nitrogens is 1. The number of nitrogens with two attached hydrogens (primary N) is 1. The SMILES string of the molecule is CC(C)(O)COc1ccc(-c2c(O)cc(N3CCC(N)CC3)nc2-c2ccc(C#N)c(F)c2)cc1F.Cl. The van der Waals surface area contributed by atoms with Gasteiger partial charge in [0.2, 0.25) is 0 Å². The van der Waals surface area contributed by atoms with E-state index < -0.39 is 17.2 Å². The van der Waals surface area contributed by atoms with E-state index in [2.05, 4.69) is 0 Å². The molecule has 0 aliphatic carbocycles. The van der Waals surface area contributed by atoms with Gasteiger partial charge >= 0.3 is 0 Å². The third-order valence-corrected chi connectivity index (χ3v) is 6.01. The maximum atomic E-state index is 14.9. The predicted octanol–water partition coefficient (Wildman–Crippen LogP) is 4.77. The zero-order valence-corrected chi connectivity index (χ0v) is 21.4. The van der Waals surface area contributed by atoms with Gasteiger partial charge in [0.15, 0.2) is 11.6 Å². The fourth-order valence-corrected chi connectivity index (χ4v) is 4.08. The number of hydrogen-bond donors (Lipinski definition) is 3. The highest BCUT2D eigenvalue weighted by Gasteiger charge is 2.23. The molecule has 0 bridgehead atoms. The van der Waals surface area contributed by atoms with Crippen molar-refractivity contribution >= 4 is 18.2 Å². The van der Waals surface area contributed by atoms with Gasteiger partial charge < -0.3 is 25.6 Å². The number of ether oxygens (including phenoxy) is 1. The molecule has 1 aromatic heterocycles. The Balaban J connectivity index is 0.00000380. The summed E-state index contributed by atoms with van der Waals surface area (Å²) in [5.74, 6) is -1.13. The number of nitriles is 1. The highest BCUT2D eigenvalue weighted by atomic mass is 35.5. The van der Waals surface area contributed by atoms with Crippen LogP contribution in [0.5, 0.6) is 11.5 Å². The highest BCUT2D eigenvalue weighted by molar-refractivity contribution is 5.87. The standard InChI is InChI=1S/C27H28F2N4O3.ClH/c1-27(2,35)15-36-23-6-5-16(11-21(23)29)25-22(34)13-24(33-9-7-19(31)8-10-33)32-26(25)17-3-4-18(14-30)20(28)12-17;/h3-6,11-13,19,35H,7-10,15,31H2,1-2H3,(H,32,34);1H. The number of aromatic hydroxyl groups is 1. The molecule has 196 valence electrons. The van der Waals surface area contributed by atoms with E-state index in [-0.39, 0.29) is 53.4 Å². The van der Waals surface area contributed by atoms with Gasteiger partial charge in [-0.25, -0.2) is 13.8 Å². The molecule has 0 atom stereocenters. The van der Waals surface area contributed by atoms with Crippen LogP contribution in [0.3, 0.4) is 0 Å². The maximum absolute atomic E-state index is 14.9. The molecule has 1 aliphatic heterocycles. The van der Waals surface area contributed by atoms with Crippen LogP contribution in [0.2, 0.25) is 0 Å². The monoisotopic (exact) mass is 530 g/mol. The number of piperidine rings is 1. The third kappa shape index (κ3) is 6.46. The molecule has 0 spiro atoms. The molecule has 1 fully saturated rings. The molecule has 0 unspecified atom stereocenters. The summed E-state index contributed by atoms with van der Waals surface area (Å²) >= 11 is 0. The molecule has 4 rings (SSSR count). The summed E-state index contributed by atoms with van der Waals surface area (Å²) in [7, 11) is 0. The number of rotatable bonds is 6. The molecule has 3 aromatic rings. The first-order valence-electron chi connectivity index (χ1n) is 11.7. The molecule has 37 heavy (non-hydrogen) atoms. The van der Waals surface area contributed by atoms with Gasteiger partial charge in [-0.05, 0) is 56.5 Å². The molecule has 7 nitrogen and oxygen atoms in total. The van der Waals surface area contributed by atoms with Crippen LogP contribution in [-0.4, -0.2) is 46.5 Å². The average Bonchev–Trinajstić information content (AvgIpc) is 2.82. The molecule has 1 aliphatic rings. The van der Waals surface area contributed by atoms with Crippen molar-refractivity contribution in [3.05, 3.63) is 59.7 Å². The van der Waals surface area contributed by atoms with Crippen molar-refractivity contribution in [2.45, 2.75) is 38.3 Å². The van der Waals surface area contributed by atoms with Gasteiger partial charge in [0.05, 0.1) is 22.4 Å². The van der Waals surface area contributed by atoms with Crippen LogP contribution in [0.1, 0.15) is 32.3 Å². The Morgan fingerprint density at radius 1 is 1.11 bits per heavy atom. The lowest BCUT2D eigenvalue weighted by molar-refractivity contribution is 0.0272. The Morgan fingerprint density at radius 2 is 1.76 bits per heavy atom. The lowest BCUT2D eigenvalue weighted by Crippen LogP contribution is -2.40. The predicted molar refractivity (Wildman–Crippen MR) is 140 cm³/mol. The number of anilines is 1. The molecule has 1 saturated heterocycles. The molecule has 0 saturated carbocycles. The van der Waals surface area contributed by atoms with Gasteiger partial charge in [-0.1, -0.05) is 12.1 Å². The minimum absolute atomic E-state index is 0. The van der Waals surface area contributed by atoms with E-state index in [0.29, 0.717) is 30.0 Å². The minimum atomic E-state index is -1.14. The van der Waals surface area contributed by atoms with Crippen molar-refractivity contribution in [3.8, 4) is 40.0 Å². The lowest BCUT2D eigenvalue weighted by Gasteiger charge is -2.31. The lowest BCUT2D eigenvalue weighted by atomic mass is 9.96. The van der Waals surface area contributed by atoms with Crippen molar-refractivity contribution in [2.75, 3.05) is 24.6 Å². The number of pyridine rings is 1. The molecular weight excluding hydrogens is 502 g/mol. The Morgan fingerprint density at radius 3 is 2.35 bits per heavy atom. The molecule has 4 N–H and O–H groups in total. The quantitative estimate of drug-likeness (QED) is 0.420. The van der Waals surface area contributed by atoms with Gasteiger partial charge in [0.25, 0.3) is 0 Å². The second-order valence-electron chi connectivity index (χ2n) is 9.60. The Bertz CT molecular complexity index is 1320. The topological polar surface area (TPSA) is 116 Å². The van der Waals surface area contributed by atoms with E-state index in [0.717, 1.165) is 12.8 Å². The molecule has 10 heteroatoms. The second kappa shape index (κ2) is 11.3. The summed E-state index contributed by atoms with van der Waals surface area (Å²) in [4.78, 5) is 6.73. The Labute approximate surface area is 220 Å². The molecule has 0 radical (unpaired) electrons. The molecule has 2 heterocycles. The average molecular weight is 531 g/mol. The number of hydrogen-bond acceptors (Lipinski definition) is 7. The van der Waals surface area contributed by atoms with Crippen LogP contribution in [0.15, 0.2) is 42.5 Å². The molecule has 0 amide bonds. The van der Waals surface area contributed by atoms with E-state index in [1.807, 2.05) is 4.90 Å². The zero-order chi connectivity index (χ0) is 26.0. The van der Waals surface area contributed by atoms with E-state index >= 15 is 0 Å². The summed E-state index contributed by atoms with van der Waals surface area (Å²) in [6.07, 6.45) is 1.53. The van der Waals surface area contributed by atoms with Gasteiger partial charge in [-0.3, -0.25) is 0 Å². The van der Waals surface area contributed by atoms with Crippen molar-refractivity contribution in [3.63, 3.8) is 0 Å². The first-order chi connectivity index (χ1) is 17.1. The van der Waals surface area contributed by atoms with Crippen molar-refractivity contribution in [1.29, 1.82) is 5.26 Å². The summed E-state index contributed by atoms with van der Waals surface area (Å²) in [6, 6.07) is 11.6. The van der Waals surface area contributed by atoms with Crippen molar-refractivity contribution in [1.82, 2.24) is 4.98 Å².